The van der Waals surface area contributed by atoms with E-state index in [9.17, 15) is 0 Å². The van der Waals surface area contributed by atoms with Gasteiger partial charge in [-0.15, -0.1) is 0 Å². The Morgan fingerprint density at radius 1 is 0.958 bits per heavy atom. The molecule has 0 saturated carbocycles. The van der Waals surface area contributed by atoms with E-state index in [2.05, 4.69) is 84.0 Å². The third-order valence-corrected chi connectivity index (χ3v) is 5.20. The van der Waals surface area contributed by atoms with E-state index in [1.165, 1.54) is 33.1 Å². The summed E-state index contributed by atoms with van der Waals surface area (Å²) >= 11 is 0. The number of rotatable bonds is 2. The lowest BCUT2D eigenvalue weighted by molar-refractivity contribution is 0.588. The Morgan fingerprint density at radius 2 is 1.54 bits per heavy atom. The molecule has 1 aliphatic carbocycles. The SMILES string of the molecule is CC1=CC(C)=C(C)C1c1cc2ccccc2cc1C(=N)C(C)(C)C. The van der Waals surface area contributed by atoms with Crippen molar-refractivity contribution >= 4 is 16.5 Å². The second-order valence-electron chi connectivity index (χ2n) is 8.10. The highest BCUT2D eigenvalue weighted by atomic mass is 14.5. The highest BCUT2D eigenvalue weighted by Gasteiger charge is 2.29. The van der Waals surface area contributed by atoms with Gasteiger partial charge < -0.3 is 5.41 Å². The molecule has 1 aliphatic rings. The Labute approximate surface area is 145 Å². The van der Waals surface area contributed by atoms with E-state index in [1.807, 2.05) is 0 Å². The Bertz CT molecular complexity index is 888. The van der Waals surface area contributed by atoms with Crippen molar-refractivity contribution in [2.24, 2.45) is 5.41 Å². The van der Waals surface area contributed by atoms with E-state index < -0.39 is 0 Å². The molecule has 0 aliphatic heterocycles. The molecular formula is C23H27N. The molecule has 0 saturated heterocycles. The van der Waals surface area contributed by atoms with E-state index in [-0.39, 0.29) is 5.41 Å². The number of benzene rings is 2. The highest BCUT2D eigenvalue weighted by molar-refractivity contribution is 6.06. The monoisotopic (exact) mass is 317 g/mol. The molecule has 3 rings (SSSR count). The zero-order valence-electron chi connectivity index (χ0n) is 15.6. The van der Waals surface area contributed by atoms with Crippen LogP contribution in [0.3, 0.4) is 0 Å². The number of hydrogen-bond donors (Lipinski definition) is 1. The molecule has 1 unspecified atom stereocenters. The molecule has 1 heteroatoms. The van der Waals surface area contributed by atoms with Crippen LogP contribution in [-0.2, 0) is 0 Å². The van der Waals surface area contributed by atoms with Crippen LogP contribution < -0.4 is 0 Å². The van der Waals surface area contributed by atoms with E-state index in [1.54, 1.807) is 0 Å². The van der Waals surface area contributed by atoms with Gasteiger partial charge in [0.15, 0.2) is 0 Å². The van der Waals surface area contributed by atoms with Gasteiger partial charge in [-0.2, -0.15) is 0 Å². The second kappa shape index (κ2) is 5.73. The van der Waals surface area contributed by atoms with Crippen molar-refractivity contribution in [3.8, 4) is 0 Å². The predicted octanol–water partition coefficient (Wildman–Crippen LogP) is 6.63. The van der Waals surface area contributed by atoms with E-state index >= 15 is 0 Å². The molecular weight excluding hydrogens is 290 g/mol. The van der Waals surface area contributed by atoms with Crippen LogP contribution >= 0.6 is 0 Å². The van der Waals surface area contributed by atoms with Crippen LogP contribution in [0.15, 0.2) is 59.2 Å². The van der Waals surface area contributed by atoms with Crippen molar-refractivity contribution in [3.05, 3.63) is 70.3 Å². The third kappa shape index (κ3) is 2.73. The third-order valence-electron chi connectivity index (χ3n) is 5.20. The van der Waals surface area contributed by atoms with Gasteiger partial charge in [0.05, 0.1) is 0 Å². The lowest BCUT2D eigenvalue weighted by atomic mass is 9.78. The van der Waals surface area contributed by atoms with E-state index in [4.69, 9.17) is 5.41 Å². The predicted molar refractivity (Wildman–Crippen MR) is 105 cm³/mol. The van der Waals surface area contributed by atoms with Crippen LogP contribution in [0.1, 0.15) is 58.6 Å². The molecule has 0 bridgehead atoms. The molecule has 0 spiro atoms. The summed E-state index contributed by atoms with van der Waals surface area (Å²) in [6.45, 7) is 13.0. The highest BCUT2D eigenvalue weighted by Crippen LogP contribution is 2.42. The summed E-state index contributed by atoms with van der Waals surface area (Å²) < 4.78 is 0. The molecule has 0 amide bonds. The first-order valence-electron chi connectivity index (χ1n) is 8.68. The maximum Gasteiger partial charge on any atom is 0.0442 e. The first kappa shape index (κ1) is 16.7. The smallest absolute Gasteiger partial charge is 0.0442 e. The van der Waals surface area contributed by atoms with Crippen LogP contribution in [0.4, 0.5) is 0 Å². The van der Waals surface area contributed by atoms with Crippen molar-refractivity contribution < 1.29 is 0 Å². The largest absolute Gasteiger partial charge is 0.304 e. The maximum absolute atomic E-state index is 8.81. The van der Waals surface area contributed by atoms with Crippen LogP contribution in [0.5, 0.6) is 0 Å². The molecule has 124 valence electrons. The maximum atomic E-state index is 8.81. The van der Waals surface area contributed by atoms with Crippen LogP contribution in [-0.4, -0.2) is 5.71 Å². The lowest BCUT2D eigenvalue weighted by Gasteiger charge is -2.26. The first-order chi connectivity index (χ1) is 11.2. The van der Waals surface area contributed by atoms with Gasteiger partial charge in [-0.1, -0.05) is 67.8 Å². The molecule has 2 aromatic carbocycles. The van der Waals surface area contributed by atoms with Crippen molar-refractivity contribution in [3.63, 3.8) is 0 Å². The van der Waals surface area contributed by atoms with Gasteiger partial charge in [-0.3, -0.25) is 0 Å². The lowest BCUT2D eigenvalue weighted by Crippen LogP contribution is -2.22. The van der Waals surface area contributed by atoms with Crippen molar-refractivity contribution in [2.75, 3.05) is 0 Å². The normalized spacial score (nSPS) is 18.2. The molecule has 1 N–H and O–H groups in total. The van der Waals surface area contributed by atoms with Crippen molar-refractivity contribution in [1.82, 2.24) is 0 Å². The summed E-state index contributed by atoms with van der Waals surface area (Å²) in [5.41, 5.74) is 7.06. The summed E-state index contributed by atoms with van der Waals surface area (Å²) in [4.78, 5) is 0. The van der Waals surface area contributed by atoms with E-state index in [0.717, 1.165) is 5.56 Å². The molecule has 1 nitrogen and oxygen atoms in total. The zero-order chi connectivity index (χ0) is 17.6. The summed E-state index contributed by atoms with van der Waals surface area (Å²) in [6, 6.07) is 13.0. The van der Waals surface area contributed by atoms with Gasteiger partial charge in [-0.25, -0.2) is 0 Å². The van der Waals surface area contributed by atoms with Gasteiger partial charge in [-0.05, 0) is 49.2 Å². The average Bonchev–Trinajstić information content (AvgIpc) is 2.77. The molecule has 0 aromatic heterocycles. The molecule has 2 aromatic rings. The molecule has 1 atom stereocenters. The summed E-state index contributed by atoms with van der Waals surface area (Å²) in [7, 11) is 0. The Hall–Kier alpha value is -2.15. The van der Waals surface area contributed by atoms with Crippen molar-refractivity contribution in [2.45, 2.75) is 47.5 Å². The topological polar surface area (TPSA) is 23.9 Å². The van der Waals surface area contributed by atoms with Gasteiger partial charge in [0.2, 0.25) is 0 Å². The molecule has 0 fully saturated rings. The minimum absolute atomic E-state index is 0.167. The molecule has 24 heavy (non-hydrogen) atoms. The standard InChI is InChI=1S/C23H27N/c1-14-11-15(2)21(16(14)3)19-12-17-9-7-8-10-18(17)13-20(19)22(24)23(4,5)6/h7-13,21,24H,1-6H3. The number of nitrogens with one attached hydrogen (secondary N) is 1. The summed E-state index contributed by atoms with van der Waals surface area (Å²) in [6.07, 6.45) is 2.29. The van der Waals surface area contributed by atoms with Gasteiger partial charge in [0, 0.05) is 22.6 Å². The number of hydrogen-bond acceptors (Lipinski definition) is 1. The van der Waals surface area contributed by atoms with Crippen molar-refractivity contribution in [1.29, 1.82) is 5.41 Å². The molecule has 0 heterocycles. The fraction of sp³-hybridized carbons (Fsp3) is 0.348. The van der Waals surface area contributed by atoms with Gasteiger partial charge in [0.25, 0.3) is 0 Å². The minimum atomic E-state index is -0.167. The van der Waals surface area contributed by atoms with Gasteiger partial charge in [0.1, 0.15) is 0 Å². The first-order valence-corrected chi connectivity index (χ1v) is 8.68. The average molecular weight is 317 g/mol. The summed E-state index contributed by atoms with van der Waals surface area (Å²) in [5, 5.41) is 11.3. The Morgan fingerprint density at radius 3 is 2.04 bits per heavy atom. The quantitative estimate of drug-likeness (QED) is 0.601. The number of allylic oxidation sites excluding steroid dienone is 4. The number of fused-ring (bicyclic) bond motifs is 1. The summed E-state index contributed by atoms with van der Waals surface area (Å²) in [5.74, 6) is 0.298. The van der Waals surface area contributed by atoms with E-state index in [0.29, 0.717) is 11.6 Å². The Balaban J connectivity index is 2.29. The minimum Gasteiger partial charge on any atom is -0.304 e. The second-order valence-corrected chi connectivity index (χ2v) is 8.10. The fourth-order valence-corrected chi connectivity index (χ4v) is 3.70. The van der Waals surface area contributed by atoms with Crippen LogP contribution in [0, 0.1) is 10.8 Å². The fourth-order valence-electron chi connectivity index (χ4n) is 3.70. The molecule has 0 radical (unpaired) electrons. The Kier molecular flexibility index (Phi) is 3.99. The van der Waals surface area contributed by atoms with Crippen LogP contribution in [0.2, 0.25) is 0 Å². The van der Waals surface area contributed by atoms with Gasteiger partial charge >= 0.3 is 0 Å². The van der Waals surface area contributed by atoms with Crippen LogP contribution in [0.25, 0.3) is 10.8 Å². The zero-order valence-corrected chi connectivity index (χ0v) is 15.6.